The second-order valence-corrected chi connectivity index (χ2v) is 8.79. The quantitative estimate of drug-likeness (QED) is 0.545. The summed E-state index contributed by atoms with van der Waals surface area (Å²) in [4.78, 5) is 0. The lowest BCUT2D eigenvalue weighted by Gasteiger charge is -2.25. The summed E-state index contributed by atoms with van der Waals surface area (Å²) in [6.45, 7) is 4.59. The molecule has 1 aliphatic carbocycles. The number of rotatable bonds is 5. The minimum Gasteiger partial charge on any atom is -0.300 e. The van der Waals surface area contributed by atoms with Crippen molar-refractivity contribution in [3.8, 4) is 0 Å². The zero-order chi connectivity index (χ0) is 10.8. The molecule has 0 saturated carbocycles. The van der Waals surface area contributed by atoms with Gasteiger partial charge in [-0.2, -0.15) is 0 Å². The van der Waals surface area contributed by atoms with Crippen LogP contribution in [0.4, 0.5) is 0 Å². The lowest BCUT2D eigenvalue weighted by atomic mass is 10.1. The first-order valence-corrected chi connectivity index (χ1v) is 8.80. The molecule has 0 bridgehead atoms. The van der Waals surface area contributed by atoms with Crippen molar-refractivity contribution in [2.45, 2.75) is 19.4 Å². The third kappa shape index (κ3) is 3.70. The fourth-order valence-corrected chi connectivity index (χ4v) is 4.71. The molecule has 14 heavy (non-hydrogen) atoms. The van der Waals surface area contributed by atoms with E-state index in [0.29, 0.717) is 0 Å². The van der Waals surface area contributed by atoms with Crippen LogP contribution in [-0.2, 0) is 18.0 Å². The van der Waals surface area contributed by atoms with Gasteiger partial charge in [-0.1, -0.05) is 19.1 Å². The van der Waals surface area contributed by atoms with Crippen LogP contribution in [0.2, 0.25) is 0 Å². The summed E-state index contributed by atoms with van der Waals surface area (Å²) in [5.74, 6) is 0. The molecule has 6 heteroatoms. The molecule has 0 aromatic carbocycles. The molecule has 0 aliphatic heterocycles. The Morgan fingerprint density at radius 1 is 1.43 bits per heavy atom. The first-order valence-electron chi connectivity index (χ1n) is 4.55. The molecule has 0 saturated heterocycles. The van der Waals surface area contributed by atoms with Gasteiger partial charge in [0.25, 0.3) is 0 Å². The van der Waals surface area contributed by atoms with E-state index in [1.165, 1.54) is 13.3 Å². The summed E-state index contributed by atoms with van der Waals surface area (Å²) in [7, 11) is -5.92. The van der Waals surface area contributed by atoms with Gasteiger partial charge in [0.2, 0.25) is 7.37 Å². The molecule has 1 aliphatic rings. The highest BCUT2D eigenvalue weighted by Gasteiger charge is 2.31. The van der Waals surface area contributed by atoms with Crippen molar-refractivity contribution < 1.29 is 18.0 Å². The summed E-state index contributed by atoms with van der Waals surface area (Å²) >= 11 is 0. The molecule has 0 amide bonds. The molecule has 0 aromatic rings. The van der Waals surface area contributed by atoms with E-state index >= 15 is 0 Å². The van der Waals surface area contributed by atoms with Gasteiger partial charge in [-0.25, -0.2) is 0 Å². The van der Waals surface area contributed by atoms with E-state index in [-0.39, 0.29) is 12.3 Å². The van der Waals surface area contributed by atoms with Gasteiger partial charge in [-0.3, -0.25) is 13.4 Å². The SMILES string of the molecule is CCP(=O)(OC1C=CC1)OP(C)(C)=O. The van der Waals surface area contributed by atoms with Crippen LogP contribution in [0.3, 0.4) is 0 Å². The van der Waals surface area contributed by atoms with Crippen LogP contribution in [-0.4, -0.2) is 25.6 Å². The van der Waals surface area contributed by atoms with Gasteiger partial charge >= 0.3 is 7.60 Å². The van der Waals surface area contributed by atoms with E-state index in [2.05, 4.69) is 0 Å². The molecule has 82 valence electrons. The van der Waals surface area contributed by atoms with Gasteiger partial charge in [-0.05, 0) is 6.42 Å². The van der Waals surface area contributed by atoms with Crippen LogP contribution in [0.1, 0.15) is 13.3 Å². The van der Waals surface area contributed by atoms with Crippen LogP contribution >= 0.6 is 15.0 Å². The summed E-state index contributed by atoms with van der Waals surface area (Å²) in [6, 6.07) is 0. The Labute approximate surface area is 84.7 Å². The highest BCUT2D eigenvalue weighted by Crippen LogP contribution is 2.61. The summed E-state index contributed by atoms with van der Waals surface area (Å²) in [6.07, 6.45) is 4.63. The van der Waals surface area contributed by atoms with E-state index in [4.69, 9.17) is 8.83 Å². The monoisotopic (exact) mass is 238 g/mol. The van der Waals surface area contributed by atoms with E-state index in [9.17, 15) is 9.13 Å². The number of hydrogen-bond acceptors (Lipinski definition) is 4. The van der Waals surface area contributed by atoms with E-state index in [1.54, 1.807) is 6.92 Å². The molecule has 4 nitrogen and oxygen atoms in total. The largest absolute Gasteiger partial charge is 0.336 e. The molecule has 0 spiro atoms. The maximum absolute atomic E-state index is 12.0. The maximum Gasteiger partial charge on any atom is 0.336 e. The normalized spacial score (nSPS) is 25.5. The fourth-order valence-electron chi connectivity index (χ4n) is 0.983. The smallest absolute Gasteiger partial charge is 0.300 e. The molecular weight excluding hydrogens is 222 g/mol. The third-order valence-electron chi connectivity index (χ3n) is 1.72. The molecular formula is C8H16O4P2. The highest BCUT2D eigenvalue weighted by atomic mass is 31.3. The van der Waals surface area contributed by atoms with Crippen molar-refractivity contribution in [1.82, 2.24) is 0 Å². The Hall–Kier alpha value is 0.120. The Morgan fingerprint density at radius 3 is 2.29 bits per heavy atom. The van der Waals surface area contributed by atoms with Crippen molar-refractivity contribution in [3.63, 3.8) is 0 Å². The summed E-state index contributed by atoms with van der Waals surface area (Å²) in [5.41, 5.74) is 0. The van der Waals surface area contributed by atoms with Gasteiger partial charge < -0.3 is 4.52 Å². The Morgan fingerprint density at radius 2 is 2.00 bits per heavy atom. The average molecular weight is 238 g/mol. The van der Waals surface area contributed by atoms with Crippen LogP contribution in [0.5, 0.6) is 0 Å². The average Bonchev–Trinajstić information content (AvgIpc) is 1.94. The number of hydrogen-bond donors (Lipinski definition) is 0. The van der Waals surface area contributed by atoms with E-state index in [1.807, 2.05) is 12.2 Å². The van der Waals surface area contributed by atoms with Crippen molar-refractivity contribution >= 4 is 15.0 Å². The minimum atomic E-state index is -3.16. The first-order chi connectivity index (χ1) is 6.35. The summed E-state index contributed by atoms with van der Waals surface area (Å²) < 4.78 is 33.6. The summed E-state index contributed by atoms with van der Waals surface area (Å²) in [5, 5.41) is 0. The standard InChI is InChI=1S/C8H16O4P2/c1-4-14(10,12-13(2,3)9)11-8-6-5-7-8/h5-6,8H,4,7H2,1-3H3. The fraction of sp³-hybridized carbons (Fsp3) is 0.750. The zero-order valence-corrected chi connectivity index (χ0v) is 10.5. The molecule has 0 aromatic heterocycles. The van der Waals surface area contributed by atoms with Crippen LogP contribution in [0.25, 0.3) is 0 Å². The molecule has 2 atom stereocenters. The topological polar surface area (TPSA) is 52.6 Å². The predicted octanol–water partition coefficient (Wildman–Crippen LogP) is 3.10. The van der Waals surface area contributed by atoms with Crippen LogP contribution < -0.4 is 0 Å². The molecule has 1 rings (SSSR count). The van der Waals surface area contributed by atoms with Crippen LogP contribution in [0, 0.1) is 0 Å². The lowest BCUT2D eigenvalue weighted by Crippen LogP contribution is -2.14. The lowest BCUT2D eigenvalue weighted by molar-refractivity contribution is 0.206. The van der Waals surface area contributed by atoms with Crippen molar-refractivity contribution in [2.75, 3.05) is 19.5 Å². The van der Waals surface area contributed by atoms with Gasteiger partial charge in [0, 0.05) is 19.5 Å². The van der Waals surface area contributed by atoms with E-state index < -0.39 is 15.0 Å². The zero-order valence-electron chi connectivity index (χ0n) is 8.67. The Kier molecular flexibility index (Phi) is 3.76. The first kappa shape index (κ1) is 12.2. The Bertz CT molecular complexity index is 317. The van der Waals surface area contributed by atoms with Gasteiger partial charge in [0.05, 0.1) is 6.10 Å². The van der Waals surface area contributed by atoms with Gasteiger partial charge in [-0.15, -0.1) is 0 Å². The molecule has 0 fully saturated rings. The molecule has 0 N–H and O–H groups in total. The molecule has 0 radical (unpaired) electrons. The predicted molar refractivity (Wildman–Crippen MR) is 57.3 cm³/mol. The maximum atomic E-state index is 12.0. The highest BCUT2D eigenvalue weighted by molar-refractivity contribution is 7.69. The van der Waals surface area contributed by atoms with Crippen molar-refractivity contribution in [2.24, 2.45) is 0 Å². The third-order valence-corrected chi connectivity index (χ3v) is 5.66. The van der Waals surface area contributed by atoms with E-state index in [0.717, 1.165) is 6.42 Å². The van der Waals surface area contributed by atoms with Gasteiger partial charge in [0.15, 0.2) is 0 Å². The Balaban J connectivity index is 2.61. The van der Waals surface area contributed by atoms with Crippen molar-refractivity contribution in [1.29, 1.82) is 0 Å². The molecule has 0 heterocycles. The second-order valence-electron chi connectivity index (χ2n) is 3.57. The molecule has 2 unspecified atom stereocenters. The minimum absolute atomic E-state index is 0.132. The second kappa shape index (κ2) is 4.32. The van der Waals surface area contributed by atoms with Crippen LogP contribution in [0.15, 0.2) is 12.2 Å². The van der Waals surface area contributed by atoms with Crippen molar-refractivity contribution in [3.05, 3.63) is 12.2 Å². The van der Waals surface area contributed by atoms with Gasteiger partial charge in [0.1, 0.15) is 0 Å².